The third-order valence-corrected chi connectivity index (χ3v) is 5.64. The highest BCUT2D eigenvalue weighted by molar-refractivity contribution is 5.96. The molecular weight excluding hydrogens is 357 g/mol. The Morgan fingerprint density at radius 3 is 2.64 bits per heavy atom. The van der Waals surface area contributed by atoms with Crippen LogP contribution in [-0.2, 0) is 0 Å². The zero-order chi connectivity index (χ0) is 19.1. The Morgan fingerprint density at radius 2 is 1.89 bits per heavy atom. The van der Waals surface area contributed by atoms with Crippen LogP contribution in [0.2, 0.25) is 0 Å². The lowest BCUT2D eigenvalue weighted by Crippen LogP contribution is -2.45. The molecule has 6 nitrogen and oxygen atoms in total. The molecule has 5 rings (SSSR count). The van der Waals surface area contributed by atoms with E-state index < -0.39 is 0 Å². The quantitative estimate of drug-likeness (QED) is 0.756. The number of anilines is 1. The van der Waals surface area contributed by atoms with E-state index in [-0.39, 0.29) is 17.8 Å². The van der Waals surface area contributed by atoms with Crippen LogP contribution in [0, 0.1) is 5.82 Å². The SMILES string of the molecule is O=C(NC1CCN(c2ccccc2F)CC1)c1cnc2c(c1)ncn2C1CC1. The molecule has 7 heteroatoms. The Morgan fingerprint density at radius 1 is 1.11 bits per heavy atom. The highest BCUT2D eigenvalue weighted by atomic mass is 19.1. The fraction of sp³-hybridized carbons (Fsp3) is 0.381. The second kappa shape index (κ2) is 6.89. The topological polar surface area (TPSA) is 63.1 Å². The van der Waals surface area contributed by atoms with Gasteiger partial charge >= 0.3 is 0 Å². The Bertz CT molecular complexity index is 1020. The van der Waals surface area contributed by atoms with Crippen molar-refractivity contribution < 1.29 is 9.18 Å². The van der Waals surface area contributed by atoms with Crippen LogP contribution in [0.1, 0.15) is 42.1 Å². The summed E-state index contributed by atoms with van der Waals surface area (Å²) in [6.45, 7) is 1.43. The number of benzene rings is 1. The third kappa shape index (κ3) is 3.21. The van der Waals surface area contributed by atoms with Crippen molar-refractivity contribution in [2.45, 2.75) is 37.8 Å². The summed E-state index contributed by atoms with van der Waals surface area (Å²) in [6.07, 6.45) is 7.35. The van der Waals surface area contributed by atoms with E-state index in [4.69, 9.17) is 0 Å². The standard InChI is InChI=1S/C21H22FN5O/c22-17-3-1-2-4-19(17)26-9-7-15(8-10-26)25-21(28)14-11-18-20(23-12-14)27(13-24-18)16-5-6-16/h1-4,11-13,15-16H,5-10H2,(H,25,28). The van der Waals surface area contributed by atoms with Gasteiger partial charge in [0, 0.05) is 31.4 Å². The molecule has 3 aromatic rings. The van der Waals surface area contributed by atoms with E-state index in [1.54, 1.807) is 18.3 Å². The van der Waals surface area contributed by atoms with E-state index >= 15 is 0 Å². The number of piperidine rings is 1. The summed E-state index contributed by atoms with van der Waals surface area (Å²) in [5, 5.41) is 3.09. The highest BCUT2D eigenvalue weighted by Crippen LogP contribution is 2.36. The molecule has 1 saturated carbocycles. The Balaban J connectivity index is 1.23. The number of rotatable bonds is 4. The van der Waals surface area contributed by atoms with Crippen LogP contribution >= 0.6 is 0 Å². The fourth-order valence-electron chi connectivity index (χ4n) is 3.90. The number of carbonyl (C=O) groups excluding carboxylic acids is 1. The van der Waals surface area contributed by atoms with Crippen molar-refractivity contribution in [1.29, 1.82) is 0 Å². The molecule has 1 amide bonds. The molecule has 2 fully saturated rings. The number of para-hydroxylation sites is 1. The molecule has 3 heterocycles. The molecule has 2 aromatic heterocycles. The number of pyridine rings is 1. The van der Waals surface area contributed by atoms with Crippen molar-refractivity contribution in [1.82, 2.24) is 19.9 Å². The first-order valence-electron chi connectivity index (χ1n) is 9.82. The molecule has 0 radical (unpaired) electrons. The maximum atomic E-state index is 14.0. The Kier molecular flexibility index (Phi) is 4.22. The van der Waals surface area contributed by atoms with Gasteiger partial charge in [-0.15, -0.1) is 0 Å². The van der Waals surface area contributed by atoms with Crippen molar-refractivity contribution in [2.75, 3.05) is 18.0 Å². The predicted molar refractivity (Wildman–Crippen MR) is 105 cm³/mol. The largest absolute Gasteiger partial charge is 0.369 e. The van der Waals surface area contributed by atoms with Crippen molar-refractivity contribution in [2.24, 2.45) is 0 Å². The molecule has 1 saturated heterocycles. The van der Waals surface area contributed by atoms with Crippen LogP contribution < -0.4 is 10.2 Å². The molecule has 0 atom stereocenters. The van der Waals surface area contributed by atoms with E-state index in [1.165, 1.54) is 18.9 Å². The summed E-state index contributed by atoms with van der Waals surface area (Å²) in [5.41, 5.74) is 2.77. The van der Waals surface area contributed by atoms with Gasteiger partial charge in [-0.05, 0) is 43.9 Å². The minimum Gasteiger partial charge on any atom is -0.369 e. The zero-order valence-corrected chi connectivity index (χ0v) is 15.5. The van der Waals surface area contributed by atoms with Crippen molar-refractivity contribution in [3.05, 3.63) is 54.2 Å². The number of carbonyl (C=O) groups is 1. The van der Waals surface area contributed by atoms with Gasteiger partial charge in [-0.2, -0.15) is 0 Å². The van der Waals surface area contributed by atoms with Crippen LogP contribution in [0.4, 0.5) is 10.1 Å². The summed E-state index contributed by atoms with van der Waals surface area (Å²) in [6, 6.07) is 9.23. The van der Waals surface area contributed by atoms with Gasteiger partial charge in [0.15, 0.2) is 5.65 Å². The van der Waals surface area contributed by atoms with Gasteiger partial charge in [0.2, 0.25) is 0 Å². The van der Waals surface area contributed by atoms with Crippen LogP contribution in [0.3, 0.4) is 0 Å². The smallest absolute Gasteiger partial charge is 0.253 e. The molecule has 1 N–H and O–H groups in total. The molecule has 2 aliphatic rings. The summed E-state index contributed by atoms with van der Waals surface area (Å²) in [5.74, 6) is -0.324. The van der Waals surface area contributed by atoms with E-state index in [0.29, 0.717) is 17.3 Å². The first-order chi connectivity index (χ1) is 13.7. The number of hydrogen-bond acceptors (Lipinski definition) is 4. The third-order valence-electron chi connectivity index (χ3n) is 5.64. The number of aromatic nitrogens is 3. The maximum absolute atomic E-state index is 14.0. The van der Waals surface area contributed by atoms with Crippen LogP contribution in [0.15, 0.2) is 42.9 Å². The molecule has 0 bridgehead atoms. The van der Waals surface area contributed by atoms with Gasteiger partial charge in [-0.3, -0.25) is 4.79 Å². The molecular formula is C21H22FN5O. The summed E-state index contributed by atoms with van der Waals surface area (Å²) >= 11 is 0. The average Bonchev–Trinajstić information content (AvgIpc) is 3.47. The number of amides is 1. The number of hydrogen-bond donors (Lipinski definition) is 1. The van der Waals surface area contributed by atoms with Crippen molar-refractivity contribution >= 4 is 22.8 Å². The van der Waals surface area contributed by atoms with Gasteiger partial charge in [-0.1, -0.05) is 12.1 Å². The molecule has 144 valence electrons. The molecule has 1 aromatic carbocycles. The van der Waals surface area contributed by atoms with Crippen LogP contribution in [-0.4, -0.2) is 39.6 Å². The Labute approximate surface area is 162 Å². The molecule has 1 aliphatic carbocycles. The van der Waals surface area contributed by atoms with Gasteiger partial charge in [0.25, 0.3) is 5.91 Å². The molecule has 28 heavy (non-hydrogen) atoms. The molecule has 0 spiro atoms. The zero-order valence-electron chi connectivity index (χ0n) is 15.5. The second-order valence-corrected chi connectivity index (χ2v) is 7.64. The molecule has 0 unspecified atom stereocenters. The predicted octanol–water partition coefficient (Wildman–Crippen LogP) is 3.30. The van der Waals surface area contributed by atoms with E-state index in [9.17, 15) is 9.18 Å². The number of halogens is 1. The normalized spacial score (nSPS) is 17.8. The fourth-order valence-corrected chi connectivity index (χ4v) is 3.90. The highest BCUT2D eigenvalue weighted by Gasteiger charge is 2.26. The second-order valence-electron chi connectivity index (χ2n) is 7.64. The van der Waals surface area contributed by atoms with E-state index in [2.05, 4.69) is 19.9 Å². The van der Waals surface area contributed by atoms with Crippen molar-refractivity contribution in [3.8, 4) is 0 Å². The summed E-state index contributed by atoms with van der Waals surface area (Å²) in [4.78, 5) is 23.6. The minimum absolute atomic E-state index is 0.0789. The van der Waals surface area contributed by atoms with E-state index in [1.807, 2.05) is 23.4 Å². The number of nitrogens with zero attached hydrogens (tertiary/aromatic N) is 4. The van der Waals surface area contributed by atoms with E-state index in [0.717, 1.165) is 37.1 Å². The lowest BCUT2D eigenvalue weighted by Gasteiger charge is -2.34. The first kappa shape index (κ1) is 17.2. The maximum Gasteiger partial charge on any atom is 0.253 e. The Hall–Kier alpha value is -2.96. The number of fused-ring (bicyclic) bond motifs is 1. The first-order valence-corrected chi connectivity index (χ1v) is 9.82. The average molecular weight is 379 g/mol. The monoisotopic (exact) mass is 379 g/mol. The number of nitrogens with one attached hydrogen (secondary N) is 1. The van der Waals surface area contributed by atoms with Gasteiger partial charge in [0.1, 0.15) is 11.3 Å². The van der Waals surface area contributed by atoms with Crippen molar-refractivity contribution in [3.63, 3.8) is 0 Å². The lowest BCUT2D eigenvalue weighted by atomic mass is 10.0. The lowest BCUT2D eigenvalue weighted by molar-refractivity contribution is 0.0931. The van der Waals surface area contributed by atoms with Gasteiger partial charge in [0.05, 0.1) is 17.6 Å². The summed E-state index contributed by atoms with van der Waals surface area (Å²) in [7, 11) is 0. The minimum atomic E-state index is -0.199. The summed E-state index contributed by atoms with van der Waals surface area (Å²) < 4.78 is 16.1. The number of imidazole rings is 1. The van der Waals surface area contributed by atoms with Gasteiger partial charge < -0.3 is 14.8 Å². The van der Waals surface area contributed by atoms with Crippen LogP contribution in [0.5, 0.6) is 0 Å². The molecule has 1 aliphatic heterocycles. The van der Waals surface area contributed by atoms with Gasteiger partial charge in [-0.25, -0.2) is 14.4 Å². The van der Waals surface area contributed by atoms with Crippen LogP contribution in [0.25, 0.3) is 11.2 Å².